The van der Waals surface area contributed by atoms with E-state index in [2.05, 4.69) is 10.3 Å². The average molecular weight is 429 g/mol. The molecule has 0 aliphatic carbocycles. The van der Waals surface area contributed by atoms with Gasteiger partial charge in [-0.15, -0.1) is 0 Å². The highest BCUT2D eigenvalue weighted by molar-refractivity contribution is 8.14. The summed E-state index contributed by atoms with van der Waals surface area (Å²) in [6.07, 6.45) is 0. The summed E-state index contributed by atoms with van der Waals surface area (Å²) in [5.41, 5.74) is 3.47. The van der Waals surface area contributed by atoms with Gasteiger partial charge in [-0.3, -0.25) is 4.79 Å². The highest BCUT2D eigenvalue weighted by Gasteiger charge is 2.32. The molecule has 0 fully saturated rings. The molecule has 7 heteroatoms. The molecule has 3 rings (SSSR count). The number of benzene rings is 2. The summed E-state index contributed by atoms with van der Waals surface area (Å²) < 4.78 is 5.23. The van der Waals surface area contributed by atoms with Crippen LogP contribution in [0.4, 0.5) is 0 Å². The topological polar surface area (TPSA) is 67.8 Å². The normalized spacial score (nSPS) is 16.3. The predicted molar refractivity (Wildman–Crippen MR) is 117 cm³/mol. The van der Waals surface area contributed by atoms with Crippen molar-refractivity contribution in [1.29, 1.82) is 0 Å². The first-order chi connectivity index (χ1) is 13.9. The number of hydrogen-bond acceptors (Lipinski definition) is 5. The van der Waals surface area contributed by atoms with Crippen LogP contribution < -0.4 is 5.32 Å². The van der Waals surface area contributed by atoms with E-state index >= 15 is 0 Å². The van der Waals surface area contributed by atoms with Gasteiger partial charge in [0.1, 0.15) is 0 Å². The summed E-state index contributed by atoms with van der Waals surface area (Å²) in [5, 5.41) is 3.52. The number of aryl methyl sites for hydroxylation is 1. The molecule has 1 unspecified atom stereocenters. The van der Waals surface area contributed by atoms with Crippen molar-refractivity contribution in [2.24, 2.45) is 4.99 Å². The number of esters is 1. The zero-order chi connectivity index (χ0) is 21.0. The molecule has 0 bridgehead atoms. The quantitative estimate of drug-likeness (QED) is 0.691. The van der Waals surface area contributed by atoms with Crippen LogP contribution in [0, 0.1) is 6.92 Å². The van der Waals surface area contributed by atoms with Gasteiger partial charge < -0.3 is 10.1 Å². The van der Waals surface area contributed by atoms with Crippen LogP contribution in [-0.2, 0) is 9.53 Å². The Morgan fingerprint density at radius 2 is 1.76 bits per heavy atom. The van der Waals surface area contributed by atoms with Crippen LogP contribution in [0.5, 0.6) is 0 Å². The fraction of sp³-hybridized carbons (Fsp3) is 0.227. The average Bonchev–Trinajstić information content (AvgIpc) is 2.68. The molecule has 0 spiro atoms. The zero-order valence-corrected chi connectivity index (χ0v) is 17.9. The number of ether oxygens (including phenoxy) is 1. The molecule has 150 valence electrons. The van der Waals surface area contributed by atoms with Crippen molar-refractivity contribution in [1.82, 2.24) is 5.32 Å². The van der Waals surface area contributed by atoms with Crippen LogP contribution in [0.25, 0.3) is 0 Å². The third kappa shape index (κ3) is 5.08. The van der Waals surface area contributed by atoms with Crippen LogP contribution in [-0.4, -0.2) is 23.7 Å². The highest BCUT2D eigenvalue weighted by atomic mass is 35.5. The third-order valence-corrected chi connectivity index (χ3v) is 5.77. The summed E-state index contributed by atoms with van der Waals surface area (Å²) in [4.78, 5) is 29.6. The molecule has 5 nitrogen and oxygen atoms in total. The SMILES string of the molecule is CCOC(=O)C1=C(C)N=C(NC(=O)c2ccc(C)cc2)SC1c1ccc(Cl)cc1. The molecule has 2 aromatic carbocycles. The number of carbonyl (C=O) groups excluding carboxylic acids is 2. The number of rotatable bonds is 4. The van der Waals surface area contributed by atoms with E-state index in [1.54, 1.807) is 38.1 Å². The Bertz CT molecular complexity index is 982. The van der Waals surface area contributed by atoms with Gasteiger partial charge in [-0.1, -0.05) is 53.2 Å². The lowest BCUT2D eigenvalue weighted by molar-refractivity contribution is -0.138. The lowest BCUT2D eigenvalue weighted by Crippen LogP contribution is -2.31. The molecule has 0 radical (unpaired) electrons. The number of thioether (sulfide) groups is 1. The van der Waals surface area contributed by atoms with E-state index in [0.29, 0.717) is 27.0 Å². The second-order valence-electron chi connectivity index (χ2n) is 6.51. The molecule has 2 aromatic rings. The van der Waals surface area contributed by atoms with Gasteiger partial charge in [-0.2, -0.15) is 0 Å². The summed E-state index contributed by atoms with van der Waals surface area (Å²) in [7, 11) is 0. The van der Waals surface area contributed by atoms with Gasteiger partial charge in [0, 0.05) is 10.6 Å². The Balaban J connectivity index is 1.92. The molecule has 1 N–H and O–H groups in total. The van der Waals surface area contributed by atoms with E-state index in [9.17, 15) is 9.59 Å². The molecular weight excluding hydrogens is 408 g/mol. The van der Waals surface area contributed by atoms with Crippen molar-refractivity contribution in [3.63, 3.8) is 0 Å². The summed E-state index contributed by atoms with van der Waals surface area (Å²) >= 11 is 7.31. The van der Waals surface area contributed by atoms with Crippen LogP contribution in [0.15, 0.2) is 64.8 Å². The molecule has 29 heavy (non-hydrogen) atoms. The maximum Gasteiger partial charge on any atom is 0.337 e. The predicted octanol–water partition coefficient (Wildman–Crippen LogP) is 5.06. The van der Waals surface area contributed by atoms with Gasteiger partial charge in [0.05, 0.1) is 23.1 Å². The summed E-state index contributed by atoms with van der Waals surface area (Å²) in [5.74, 6) is -0.663. The first-order valence-corrected chi connectivity index (χ1v) is 10.4. The van der Waals surface area contributed by atoms with E-state index < -0.39 is 5.97 Å². The first kappa shape index (κ1) is 21.1. The van der Waals surface area contributed by atoms with E-state index in [1.807, 2.05) is 31.2 Å². The minimum absolute atomic E-state index is 0.251. The number of aliphatic imine (C=N–C) groups is 1. The molecule has 0 aromatic heterocycles. The lowest BCUT2D eigenvalue weighted by atomic mass is 10.0. The fourth-order valence-corrected chi connectivity index (χ4v) is 4.24. The number of carbonyl (C=O) groups is 2. The minimum atomic E-state index is -0.412. The standard InChI is InChI=1S/C22H21ClN2O3S/c1-4-28-21(27)18-14(3)24-22(25-20(26)16-7-5-13(2)6-8-16)29-19(18)15-9-11-17(23)12-10-15/h5-12,19H,4H2,1-3H3,(H,24,25,26). The number of nitrogens with zero attached hydrogens (tertiary/aromatic N) is 1. The smallest absolute Gasteiger partial charge is 0.337 e. The van der Waals surface area contributed by atoms with Crippen LogP contribution in [0.1, 0.15) is 40.6 Å². The molecular formula is C22H21ClN2O3S. The van der Waals surface area contributed by atoms with E-state index in [1.165, 1.54) is 11.8 Å². The van der Waals surface area contributed by atoms with Gasteiger partial charge >= 0.3 is 5.97 Å². The number of amides is 1. The van der Waals surface area contributed by atoms with Gasteiger partial charge in [-0.05, 0) is 50.6 Å². The van der Waals surface area contributed by atoms with Crippen molar-refractivity contribution >= 4 is 40.4 Å². The van der Waals surface area contributed by atoms with Crippen LogP contribution >= 0.6 is 23.4 Å². The molecule has 0 saturated heterocycles. The highest BCUT2D eigenvalue weighted by Crippen LogP contribution is 2.42. The van der Waals surface area contributed by atoms with Crippen molar-refractivity contribution in [3.8, 4) is 0 Å². The number of nitrogens with one attached hydrogen (secondary N) is 1. The molecule has 1 heterocycles. The van der Waals surface area contributed by atoms with Crippen molar-refractivity contribution in [3.05, 3.63) is 81.5 Å². The third-order valence-electron chi connectivity index (χ3n) is 4.35. The van der Waals surface area contributed by atoms with E-state index in [0.717, 1.165) is 11.1 Å². The Labute approximate surface area is 179 Å². The van der Waals surface area contributed by atoms with E-state index in [4.69, 9.17) is 16.3 Å². The molecule has 1 amide bonds. The van der Waals surface area contributed by atoms with Crippen LogP contribution in [0.2, 0.25) is 5.02 Å². The van der Waals surface area contributed by atoms with Gasteiger partial charge in [0.2, 0.25) is 0 Å². The second kappa shape index (κ2) is 9.29. The van der Waals surface area contributed by atoms with Crippen LogP contribution in [0.3, 0.4) is 0 Å². The van der Waals surface area contributed by atoms with Gasteiger partial charge in [0.15, 0.2) is 5.17 Å². The molecule has 0 saturated carbocycles. The summed E-state index contributed by atoms with van der Waals surface area (Å²) in [6, 6.07) is 14.5. The Kier molecular flexibility index (Phi) is 6.77. The Hall–Kier alpha value is -2.57. The van der Waals surface area contributed by atoms with Crippen molar-refractivity contribution in [2.75, 3.05) is 6.61 Å². The van der Waals surface area contributed by atoms with Gasteiger partial charge in [-0.25, -0.2) is 9.79 Å². The summed E-state index contributed by atoms with van der Waals surface area (Å²) in [6.45, 7) is 5.74. The molecule has 1 atom stereocenters. The monoisotopic (exact) mass is 428 g/mol. The van der Waals surface area contributed by atoms with Crippen molar-refractivity contribution in [2.45, 2.75) is 26.0 Å². The number of amidine groups is 1. The maximum atomic E-state index is 12.6. The largest absolute Gasteiger partial charge is 0.463 e. The first-order valence-electron chi connectivity index (χ1n) is 9.15. The minimum Gasteiger partial charge on any atom is -0.463 e. The number of allylic oxidation sites excluding steroid dienone is 1. The molecule has 1 aliphatic rings. The fourth-order valence-electron chi connectivity index (χ4n) is 2.87. The van der Waals surface area contributed by atoms with Crippen molar-refractivity contribution < 1.29 is 14.3 Å². The van der Waals surface area contributed by atoms with Gasteiger partial charge in [0.25, 0.3) is 5.91 Å². The molecule has 1 aliphatic heterocycles. The number of halogens is 1. The lowest BCUT2D eigenvalue weighted by Gasteiger charge is -2.25. The zero-order valence-electron chi connectivity index (χ0n) is 16.4. The Morgan fingerprint density at radius 3 is 2.38 bits per heavy atom. The number of hydrogen-bond donors (Lipinski definition) is 1. The maximum absolute atomic E-state index is 12.6. The Morgan fingerprint density at radius 1 is 1.10 bits per heavy atom. The second-order valence-corrected chi connectivity index (χ2v) is 8.04. The van der Waals surface area contributed by atoms with E-state index in [-0.39, 0.29) is 17.8 Å².